The average Bonchev–Trinajstić information content (AvgIpc) is 3.27. The Bertz CT molecular complexity index is 486. The molecule has 1 aliphatic carbocycles. The van der Waals surface area contributed by atoms with Crippen LogP contribution in [0.4, 0.5) is 5.69 Å². The molecular formula is C16H24N2O3. The van der Waals surface area contributed by atoms with E-state index in [-0.39, 0.29) is 28.7 Å². The Kier molecular flexibility index (Phi) is 5.31. The van der Waals surface area contributed by atoms with Gasteiger partial charge in [-0.05, 0) is 31.1 Å². The summed E-state index contributed by atoms with van der Waals surface area (Å²) >= 11 is 0. The number of rotatable bonds is 8. The van der Waals surface area contributed by atoms with Crippen molar-refractivity contribution in [2.45, 2.75) is 45.3 Å². The molecule has 2 rings (SSSR count). The maximum absolute atomic E-state index is 11.1. The highest BCUT2D eigenvalue weighted by atomic mass is 16.6. The molecule has 1 fully saturated rings. The summed E-state index contributed by atoms with van der Waals surface area (Å²) in [6.07, 6.45) is 2.59. The summed E-state index contributed by atoms with van der Waals surface area (Å²) in [5.74, 6) is 0.785. The van der Waals surface area contributed by atoms with Gasteiger partial charge in [-0.3, -0.25) is 10.1 Å². The van der Waals surface area contributed by atoms with Crippen molar-refractivity contribution in [1.82, 2.24) is 5.32 Å². The molecule has 0 spiro atoms. The first-order valence-electron chi connectivity index (χ1n) is 7.62. The quantitative estimate of drug-likeness (QED) is 0.570. The van der Waals surface area contributed by atoms with Crippen molar-refractivity contribution in [3.63, 3.8) is 0 Å². The number of para-hydroxylation sites is 1. The molecule has 0 aliphatic heterocycles. The maximum Gasteiger partial charge on any atom is 0.272 e. The van der Waals surface area contributed by atoms with Crippen LogP contribution < -0.4 is 5.32 Å². The largest absolute Gasteiger partial charge is 0.392 e. The van der Waals surface area contributed by atoms with E-state index in [1.165, 1.54) is 0 Å². The minimum absolute atomic E-state index is 0.189. The molecule has 1 saturated carbocycles. The van der Waals surface area contributed by atoms with E-state index in [1.54, 1.807) is 12.1 Å². The number of hydrogen-bond donors (Lipinski definition) is 2. The van der Waals surface area contributed by atoms with Crippen LogP contribution in [0.3, 0.4) is 0 Å². The number of nitrogens with zero attached hydrogens (tertiary/aromatic N) is 1. The van der Waals surface area contributed by atoms with Crippen LogP contribution in [0.5, 0.6) is 0 Å². The number of nitrogens with one attached hydrogen (secondary N) is 1. The first-order chi connectivity index (χ1) is 9.99. The highest BCUT2D eigenvalue weighted by Crippen LogP contribution is 2.35. The number of nitro benzene ring substituents is 1. The zero-order valence-electron chi connectivity index (χ0n) is 12.7. The summed E-state index contributed by atoms with van der Waals surface area (Å²) in [6.45, 7) is 4.51. The smallest absolute Gasteiger partial charge is 0.272 e. The second-order valence-corrected chi connectivity index (χ2v) is 6.25. The SMILES string of the molecule is CC(C)C(O)CNC(Cc1ccccc1[N+](=O)[O-])C1CC1. The molecule has 0 bridgehead atoms. The van der Waals surface area contributed by atoms with Crippen LogP contribution in [0.15, 0.2) is 24.3 Å². The van der Waals surface area contributed by atoms with E-state index < -0.39 is 0 Å². The number of aliphatic hydroxyl groups is 1. The molecule has 2 atom stereocenters. The number of aliphatic hydroxyl groups excluding tert-OH is 1. The number of benzene rings is 1. The normalized spacial score (nSPS) is 17.7. The fraction of sp³-hybridized carbons (Fsp3) is 0.625. The maximum atomic E-state index is 11.1. The third kappa shape index (κ3) is 4.51. The van der Waals surface area contributed by atoms with Gasteiger partial charge in [-0.2, -0.15) is 0 Å². The van der Waals surface area contributed by atoms with Crippen molar-refractivity contribution >= 4 is 5.69 Å². The molecule has 5 heteroatoms. The van der Waals surface area contributed by atoms with Crippen LogP contribution in [0.25, 0.3) is 0 Å². The van der Waals surface area contributed by atoms with Crippen LogP contribution >= 0.6 is 0 Å². The lowest BCUT2D eigenvalue weighted by molar-refractivity contribution is -0.385. The number of nitro groups is 1. The van der Waals surface area contributed by atoms with Gasteiger partial charge in [0.1, 0.15) is 0 Å². The van der Waals surface area contributed by atoms with E-state index in [1.807, 2.05) is 26.0 Å². The lowest BCUT2D eigenvalue weighted by atomic mass is 9.99. The van der Waals surface area contributed by atoms with E-state index in [2.05, 4.69) is 5.32 Å². The Morgan fingerprint density at radius 3 is 2.62 bits per heavy atom. The minimum atomic E-state index is -0.378. The molecule has 1 aromatic rings. The van der Waals surface area contributed by atoms with E-state index in [4.69, 9.17) is 0 Å². The van der Waals surface area contributed by atoms with Crippen LogP contribution in [0, 0.1) is 22.0 Å². The Hall–Kier alpha value is -1.46. The molecular weight excluding hydrogens is 268 g/mol. The molecule has 0 amide bonds. The monoisotopic (exact) mass is 292 g/mol. The van der Waals surface area contributed by atoms with Gasteiger partial charge >= 0.3 is 0 Å². The first kappa shape index (κ1) is 15.9. The van der Waals surface area contributed by atoms with E-state index >= 15 is 0 Å². The Morgan fingerprint density at radius 1 is 1.38 bits per heavy atom. The second-order valence-electron chi connectivity index (χ2n) is 6.25. The molecule has 5 nitrogen and oxygen atoms in total. The van der Waals surface area contributed by atoms with E-state index in [9.17, 15) is 15.2 Å². The lowest BCUT2D eigenvalue weighted by Crippen LogP contribution is -2.40. The predicted molar refractivity (Wildman–Crippen MR) is 82.2 cm³/mol. The van der Waals surface area contributed by atoms with E-state index in [0.717, 1.165) is 18.4 Å². The Morgan fingerprint density at radius 2 is 2.05 bits per heavy atom. The molecule has 2 unspecified atom stereocenters. The standard InChI is InChI=1S/C16H24N2O3/c1-11(2)16(19)10-17-14(12-7-8-12)9-13-5-3-4-6-15(13)18(20)21/h3-6,11-12,14,16-17,19H,7-10H2,1-2H3. The number of hydrogen-bond acceptors (Lipinski definition) is 4. The average molecular weight is 292 g/mol. The molecule has 0 aromatic heterocycles. The van der Waals surface area contributed by atoms with Crippen molar-refractivity contribution < 1.29 is 10.0 Å². The van der Waals surface area contributed by atoms with E-state index in [0.29, 0.717) is 18.9 Å². The minimum Gasteiger partial charge on any atom is -0.392 e. The van der Waals surface area contributed by atoms with Crippen LogP contribution in [-0.4, -0.2) is 28.7 Å². The van der Waals surface area contributed by atoms with Crippen LogP contribution in [0.1, 0.15) is 32.3 Å². The molecule has 1 aliphatic rings. The molecule has 2 N–H and O–H groups in total. The molecule has 0 radical (unpaired) electrons. The summed E-state index contributed by atoms with van der Waals surface area (Å²) in [5, 5.41) is 24.4. The molecule has 21 heavy (non-hydrogen) atoms. The lowest BCUT2D eigenvalue weighted by Gasteiger charge is -2.22. The first-order valence-corrected chi connectivity index (χ1v) is 7.62. The molecule has 0 heterocycles. The fourth-order valence-corrected chi connectivity index (χ4v) is 2.51. The Balaban J connectivity index is 2.02. The van der Waals surface area contributed by atoms with Gasteiger partial charge in [0, 0.05) is 24.2 Å². The van der Waals surface area contributed by atoms with Crippen molar-refractivity contribution in [3.05, 3.63) is 39.9 Å². The van der Waals surface area contributed by atoms with Crippen LogP contribution in [0.2, 0.25) is 0 Å². The van der Waals surface area contributed by atoms with Gasteiger partial charge in [0.15, 0.2) is 0 Å². The van der Waals surface area contributed by atoms with Gasteiger partial charge in [0.25, 0.3) is 5.69 Å². The van der Waals surface area contributed by atoms with Crippen LogP contribution in [-0.2, 0) is 6.42 Å². The van der Waals surface area contributed by atoms with Gasteiger partial charge in [-0.25, -0.2) is 0 Å². The fourth-order valence-electron chi connectivity index (χ4n) is 2.51. The van der Waals surface area contributed by atoms with Crippen molar-refractivity contribution in [2.75, 3.05) is 6.54 Å². The summed E-state index contributed by atoms with van der Waals surface area (Å²) in [7, 11) is 0. The molecule has 116 valence electrons. The third-order valence-corrected chi connectivity index (χ3v) is 4.18. The third-order valence-electron chi connectivity index (χ3n) is 4.18. The summed E-state index contributed by atoms with van der Waals surface area (Å²) in [6, 6.07) is 7.13. The zero-order valence-corrected chi connectivity index (χ0v) is 12.7. The second kappa shape index (κ2) is 7.00. The summed E-state index contributed by atoms with van der Waals surface area (Å²) in [5.41, 5.74) is 0.959. The van der Waals surface area contributed by atoms with Gasteiger partial charge < -0.3 is 10.4 Å². The zero-order chi connectivity index (χ0) is 15.4. The predicted octanol–water partition coefficient (Wildman–Crippen LogP) is 2.52. The Labute approximate surface area is 125 Å². The molecule has 0 saturated heterocycles. The van der Waals surface area contributed by atoms with Crippen molar-refractivity contribution in [2.24, 2.45) is 11.8 Å². The van der Waals surface area contributed by atoms with Gasteiger partial charge in [0.2, 0.25) is 0 Å². The summed E-state index contributed by atoms with van der Waals surface area (Å²) in [4.78, 5) is 10.8. The highest BCUT2D eigenvalue weighted by molar-refractivity contribution is 5.40. The summed E-state index contributed by atoms with van der Waals surface area (Å²) < 4.78 is 0. The van der Waals surface area contributed by atoms with Gasteiger partial charge in [-0.15, -0.1) is 0 Å². The van der Waals surface area contributed by atoms with Crippen molar-refractivity contribution in [1.29, 1.82) is 0 Å². The highest BCUT2D eigenvalue weighted by Gasteiger charge is 2.32. The topological polar surface area (TPSA) is 75.4 Å². The molecule has 1 aromatic carbocycles. The van der Waals surface area contributed by atoms with Gasteiger partial charge in [-0.1, -0.05) is 32.0 Å². The van der Waals surface area contributed by atoms with Crippen molar-refractivity contribution in [3.8, 4) is 0 Å². The van der Waals surface area contributed by atoms with Gasteiger partial charge in [0.05, 0.1) is 11.0 Å².